The number of aryl methyl sites for hydroxylation is 1. The third-order valence-corrected chi connectivity index (χ3v) is 5.75. The predicted molar refractivity (Wildman–Crippen MR) is 114 cm³/mol. The average Bonchev–Trinajstić information content (AvgIpc) is 2.70. The molecule has 2 N–H and O–H groups in total. The second-order valence-corrected chi connectivity index (χ2v) is 8.17. The van der Waals surface area contributed by atoms with Crippen molar-refractivity contribution in [3.63, 3.8) is 0 Å². The molecule has 6 nitrogen and oxygen atoms in total. The van der Waals surface area contributed by atoms with Gasteiger partial charge in [-0.25, -0.2) is 8.42 Å². The standard InChI is InChI=1S/C22H22N2O4S/c1-16-8-3-4-9-17(16)14-22(25)23-18-10-7-11-19(15-18)29(26,27)24-20-12-5-6-13-21(20)28-2/h3-13,15,24H,14H2,1-2H3,(H,23,25). The van der Waals surface area contributed by atoms with E-state index in [4.69, 9.17) is 4.74 Å². The number of carbonyl (C=O) groups excluding carboxylic acids is 1. The molecule has 150 valence electrons. The first-order valence-corrected chi connectivity index (χ1v) is 10.5. The van der Waals surface area contributed by atoms with Gasteiger partial charge in [-0.2, -0.15) is 0 Å². The van der Waals surface area contributed by atoms with Crippen molar-refractivity contribution in [2.24, 2.45) is 0 Å². The van der Waals surface area contributed by atoms with Crippen molar-refractivity contribution in [3.8, 4) is 5.75 Å². The molecule has 0 atom stereocenters. The molecule has 3 rings (SSSR count). The molecule has 0 aliphatic carbocycles. The van der Waals surface area contributed by atoms with Gasteiger partial charge in [0.05, 0.1) is 24.1 Å². The number of para-hydroxylation sites is 2. The number of amides is 1. The molecule has 0 bridgehead atoms. The monoisotopic (exact) mass is 410 g/mol. The van der Waals surface area contributed by atoms with E-state index < -0.39 is 10.0 Å². The van der Waals surface area contributed by atoms with Crippen LogP contribution >= 0.6 is 0 Å². The third-order valence-electron chi connectivity index (χ3n) is 4.39. The molecule has 0 saturated carbocycles. The molecular formula is C22H22N2O4S. The first-order valence-electron chi connectivity index (χ1n) is 8.99. The summed E-state index contributed by atoms with van der Waals surface area (Å²) >= 11 is 0. The number of ether oxygens (including phenoxy) is 1. The molecule has 0 fully saturated rings. The van der Waals surface area contributed by atoms with Crippen LogP contribution in [0, 0.1) is 6.92 Å². The summed E-state index contributed by atoms with van der Waals surface area (Å²) in [6, 6.07) is 20.5. The smallest absolute Gasteiger partial charge is 0.262 e. The zero-order chi connectivity index (χ0) is 20.9. The molecular weight excluding hydrogens is 388 g/mol. The molecule has 0 aromatic heterocycles. The van der Waals surface area contributed by atoms with E-state index in [0.29, 0.717) is 17.1 Å². The van der Waals surface area contributed by atoms with Crippen molar-refractivity contribution in [1.29, 1.82) is 0 Å². The number of nitrogens with one attached hydrogen (secondary N) is 2. The molecule has 0 aliphatic heterocycles. The molecule has 29 heavy (non-hydrogen) atoms. The fraction of sp³-hybridized carbons (Fsp3) is 0.136. The van der Waals surface area contributed by atoms with E-state index in [1.807, 2.05) is 31.2 Å². The molecule has 0 aliphatic rings. The van der Waals surface area contributed by atoms with Gasteiger partial charge in [-0.1, -0.05) is 42.5 Å². The highest BCUT2D eigenvalue weighted by atomic mass is 32.2. The van der Waals surface area contributed by atoms with Crippen LogP contribution in [0.3, 0.4) is 0 Å². The summed E-state index contributed by atoms with van der Waals surface area (Å²) in [6.07, 6.45) is 0.211. The Balaban J connectivity index is 1.76. The molecule has 7 heteroatoms. The predicted octanol–water partition coefficient (Wildman–Crippen LogP) is 3.99. The van der Waals surface area contributed by atoms with Crippen LogP contribution in [0.1, 0.15) is 11.1 Å². The summed E-state index contributed by atoms with van der Waals surface area (Å²) in [5, 5.41) is 2.76. The van der Waals surface area contributed by atoms with Crippen molar-refractivity contribution < 1.29 is 17.9 Å². The molecule has 3 aromatic rings. The summed E-state index contributed by atoms with van der Waals surface area (Å²) in [4.78, 5) is 12.4. The number of carbonyl (C=O) groups is 1. The SMILES string of the molecule is COc1ccccc1NS(=O)(=O)c1cccc(NC(=O)Cc2ccccc2C)c1. The zero-order valence-corrected chi connectivity index (χ0v) is 17.0. The molecule has 0 heterocycles. The maximum atomic E-state index is 12.8. The van der Waals surface area contributed by atoms with Gasteiger partial charge in [0.2, 0.25) is 5.91 Å². The van der Waals surface area contributed by atoms with Crippen LogP contribution in [-0.4, -0.2) is 21.4 Å². The minimum absolute atomic E-state index is 0.0390. The molecule has 0 unspecified atom stereocenters. The van der Waals surface area contributed by atoms with Crippen LogP contribution in [-0.2, 0) is 21.2 Å². The van der Waals surface area contributed by atoms with E-state index in [9.17, 15) is 13.2 Å². The lowest BCUT2D eigenvalue weighted by Crippen LogP contribution is -2.17. The Kier molecular flexibility index (Phi) is 6.19. The van der Waals surface area contributed by atoms with Gasteiger partial charge >= 0.3 is 0 Å². The Morgan fingerprint density at radius 2 is 1.69 bits per heavy atom. The van der Waals surface area contributed by atoms with Crippen molar-refractivity contribution in [2.75, 3.05) is 17.1 Å². The summed E-state index contributed by atoms with van der Waals surface area (Å²) in [5.41, 5.74) is 2.70. The highest BCUT2D eigenvalue weighted by Crippen LogP contribution is 2.26. The van der Waals surface area contributed by atoms with Gasteiger partial charge in [0, 0.05) is 5.69 Å². The topological polar surface area (TPSA) is 84.5 Å². The van der Waals surface area contributed by atoms with Crippen molar-refractivity contribution in [2.45, 2.75) is 18.2 Å². The normalized spacial score (nSPS) is 11.0. The first-order chi connectivity index (χ1) is 13.9. The van der Waals surface area contributed by atoms with Gasteiger partial charge in [0.25, 0.3) is 10.0 Å². The van der Waals surface area contributed by atoms with Crippen molar-refractivity contribution >= 4 is 27.3 Å². The van der Waals surface area contributed by atoms with Crippen LogP contribution in [0.15, 0.2) is 77.7 Å². The molecule has 3 aromatic carbocycles. The van der Waals surface area contributed by atoms with Crippen molar-refractivity contribution in [1.82, 2.24) is 0 Å². The van der Waals surface area contributed by atoms with Crippen LogP contribution in [0.4, 0.5) is 11.4 Å². The molecule has 0 saturated heterocycles. The highest BCUT2D eigenvalue weighted by molar-refractivity contribution is 7.92. The average molecular weight is 410 g/mol. The Morgan fingerprint density at radius 3 is 2.45 bits per heavy atom. The summed E-state index contributed by atoms with van der Waals surface area (Å²) in [6.45, 7) is 1.94. The van der Waals surface area contributed by atoms with Crippen LogP contribution < -0.4 is 14.8 Å². The van der Waals surface area contributed by atoms with Gasteiger partial charge in [-0.3, -0.25) is 9.52 Å². The van der Waals surface area contributed by atoms with E-state index in [2.05, 4.69) is 10.0 Å². The maximum Gasteiger partial charge on any atom is 0.262 e. The van der Waals surface area contributed by atoms with Crippen molar-refractivity contribution in [3.05, 3.63) is 83.9 Å². The second-order valence-electron chi connectivity index (χ2n) is 6.49. The van der Waals surface area contributed by atoms with Gasteiger partial charge in [-0.05, 0) is 48.4 Å². The second kappa shape index (κ2) is 8.79. The Labute approximate surface area is 170 Å². The first kappa shape index (κ1) is 20.4. The number of rotatable bonds is 7. The number of hydrogen-bond acceptors (Lipinski definition) is 4. The minimum atomic E-state index is -3.85. The highest BCUT2D eigenvalue weighted by Gasteiger charge is 2.17. The summed E-state index contributed by atoms with van der Waals surface area (Å²) in [7, 11) is -2.38. The Hall–Kier alpha value is -3.32. The fourth-order valence-electron chi connectivity index (χ4n) is 2.86. The van der Waals surface area contributed by atoms with E-state index in [1.165, 1.54) is 19.2 Å². The lowest BCUT2D eigenvalue weighted by molar-refractivity contribution is -0.115. The van der Waals surface area contributed by atoms with Crippen LogP contribution in [0.2, 0.25) is 0 Å². The number of anilines is 2. The van der Waals surface area contributed by atoms with E-state index >= 15 is 0 Å². The Bertz CT molecular complexity index is 1130. The van der Waals surface area contributed by atoms with Gasteiger partial charge in [0.15, 0.2) is 0 Å². The largest absolute Gasteiger partial charge is 0.495 e. The number of sulfonamides is 1. The quantitative estimate of drug-likeness (QED) is 0.617. The molecule has 0 radical (unpaired) electrons. The molecule has 0 spiro atoms. The number of methoxy groups -OCH3 is 1. The van der Waals surface area contributed by atoms with E-state index in [0.717, 1.165) is 11.1 Å². The van der Waals surface area contributed by atoms with E-state index in [-0.39, 0.29) is 17.2 Å². The van der Waals surface area contributed by atoms with Crippen LogP contribution in [0.25, 0.3) is 0 Å². The maximum absolute atomic E-state index is 12.8. The third kappa shape index (κ3) is 5.14. The Morgan fingerprint density at radius 1 is 0.966 bits per heavy atom. The number of benzene rings is 3. The van der Waals surface area contributed by atoms with Gasteiger partial charge in [-0.15, -0.1) is 0 Å². The fourth-order valence-corrected chi connectivity index (χ4v) is 3.98. The summed E-state index contributed by atoms with van der Waals surface area (Å²) < 4.78 is 33.2. The molecule has 1 amide bonds. The minimum Gasteiger partial charge on any atom is -0.495 e. The van der Waals surface area contributed by atoms with Gasteiger partial charge < -0.3 is 10.1 Å². The van der Waals surface area contributed by atoms with E-state index in [1.54, 1.807) is 36.4 Å². The zero-order valence-electron chi connectivity index (χ0n) is 16.2. The summed E-state index contributed by atoms with van der Waals surface area (Å²) in [5.74, 6) is 0.199. The lowest BCUT2D eigenvalue weighted by atomic mass is 10.1. The number of hydrogen-bond donors (Lipinski definition) is 2. The van der Waals surface area contributed by atoms with Crippen LogP contribution in [0.5, 0.6) is 5.75 Å². The van der Waals surface area contributed by atoms with Gasteiger partial charge in [0.1, 0.15) is 5.75 Å². The lowest BCUT2D eigenvalue weighted by Gasteiger charge is -2.13.